The number of hydrogen-bond acceptors (Lipinski definition) is 3. The van der Waals surface area contributed by atoms with E-state index in [4.69, 9.17) is 11.6 Å². The maximum atomic E-state index is 12.4. The zero-order valence-corrected chi connectivity index (χ0v) is 16.9. The number of aryl methyl sites for hydroxylation is 1. The van der Waals surface area contributed by atoms with Crippen LogP contribution in [0.4, 0.5) is 0 Å². The number of nitrogens with one attached hydrogen (secondary N) is 2. The van der Waals surface area contributed by atoms with Crippen LogP contribution in [0.25, 0.3) is 0 Å². The first-order valence-corrected chi connectivity index (χ1v) is 10.1. The maximum Gasteiger partial charge on any atom is 0.233 e. The number of H-pyrrole nitrogens is 1. The van der Waals surface area contributed by atoms with E-state index in [2.05, 4.69) is 27.4 Å². The normalized spacial score (nSPS) is 12.0. The van der Waals surface area contributed by atoms with E-state index >= 15 is 0 Å². The van der Waals surface area contributed by atoms with Gasteiger partial charge in [-0.15, -0.1) is 0 Å². The lowest BCUT2D eigenvalue weighted by molar-refractivity contribution is -0.120. The quantitative estimate of drug-likeness (QED) is 0.563. The van der Waals surface area contributed by atoms with Crippen molar-refractivity contribution in [2.75, 3.05) is 0 Å². The van der Waals surface area contributed by atoms with Gasteiger partial charge in [-0.3, -0.25) is 4.79 Å². The lowest BCUT2D eigenvalue weighted by Gasteiger charge is -2.10. The van der Waals surface area contributed by atoms with E-state index in [0.29, 0.717) is 11.6 Å². The molecule has 0 bridgehead atoms. The van der Waals surface area contributed by atoms with E-state index in [1.54, 1.807) is 0 Å². The zero-order valence-electron chi connectivity index (χ0n) is 15.3. The molecular formula is C21H22ClN3OS. The van der Waals surface area contributed by atoms with E-state index in [0.717, 1.165) is 28.5 Å². The second kappa shape index (κ2) is 9.11. The molecule has 1 amide bonds. The van der Waals surface area contributed by atoms with Crippen LogP contribution in [0.1, 0.15) is 29.4 Å². The second-order valence-electron chi connectivity index (χ2n) is 6.38. The first kappa shape index (κ1) is 19.5. The van der Waals surface area contributed by atoms with Crippen molar-refractivity contribution in [1.29, 1.82) is 0 Å². The van der Waals surface area contributed by atoms with E-state index in [1.165, 1.54) is 17.3 Å². The first-order valence-electron chi connectivity index (χ1n) is 8.79. The Morgan fingerprint density at radius 2 is 1.85 bits per heavy atom. The van der Waals surface area contributed by atoms with Gasteiger partial charge in [-0.05, 0) is 37.1 Å². The van der Waals surface area contributed by atoms with Crippen LogP contribution in [0.2, 0.25) is 5.02 Å². The molecule has 0 aliphatic rings. The molecule has 27 heavy (non-hydrogen) atoms. The number of aromatic nitrogens is 2. The summed E-state index contributed by atoms with van der Waals surface area (Å²) in [5.74, 6) is -0.0198. The summed E-state index contributed by atoms with van der Waals surface area (Å²) in [4.78, 5) is 20.3. The predicted molar refractivity (Wildman–Crippen MR) is 111 cm³/mol. The summed E-state index contributed by atoms with van der Waals surface area (Å²) in [5, 5.41) is 4.17. The van der Waals surface area contributed by atoms with Crippen LogP contribution in [0.5, 0.6) is 0 Å². The molecule has 6 heteroatoms. The molecule has 0 spiro atoms. The van der Waals surface area contributed by atoms with Crippen molar-refractivity contribution < 1.29 is 4.79 Å². The highest BCUT2D eigenvalue weighted by molar-refractivity contribution is 8.00. The summed E-state index contributed by atoms with van der Waals surface area (Å²) in [6, 6.07) is 17.7. The van der Waals surface area contributed by atoms with Gasteiger partial charge in [-0.1, -0.05) is 65.8 Å². The largest absolute Gasteiger partial charge is 0.351 e. The Labute approximate surface area is 168 Å². The van der Waals surface area contributed by atoms with Crippen molar-refractivity contribution in [1.82, 2.24) is 15.3 Å². The molecule has 3 rings (SSSR count). The third kappa shape index (κ3) is 5.62. The summed E-state index contributed by atoms with van der Waals surface area (Å²) in [5.41, 5.74) is 4.29. The van der Waals surface area contributed by atoms with Gasteiger partial charge in [0.05, 0.1) is 10.9 Å². The topological polar surface area (TPSA) is 57.8 Å². The second-order valence-corrected chi connectivity index (χ2v) is 8.15. The van der Waals surface area contributed by atoms with Gasteiger partial charge < -0.3 is 10.3 Å². The molecule has 3 aromatic rings. The van der Waals surface area contributed by atoms with Gasteiger partial charge in [-0.2, -0.15) is 0 Å². The fraction of sp³-hybridized carbons (Fsp3) is 0.238. The van der Waals surface area contributed by atoms with Crippen molar-refractivity contribution in [2.24, 2.45) is 0 Å². The highest BCUT2D eigenvalue weighted by atomic mass is 35.5. The van der Waals surface area contributed by atoms with Gasteiger partial charge in [0.15, 0.2) is 5.16 Å². The number of carbonyl (C=O) groups is 1. The van der Waals surface area contributed by atoms with Gasteiger partial charge in [0.25, 0.3) is 0 Å². The Morgan fingerprint density at radius 1 is 1.15 bits per heavy atom. The molecule has 2 aromatic carbocycles. The number of halogens is 1. The first-order chi connectivity index (χ1) is 13.0. The molecule has 1 aromatic heterocycles. The summed E-state index contributed by atoms with van der Waals surface area (Å²) < 4.78 is 0. The fourth-order valence-corrected chi connectivity index (χ4v) is 3.67. The van der Waals surface area contributed by atoms with Crippen LogP contribution in [-0.2, 0) is 17.8 Å². The highest BCUT2D eigenvalue weighted by Gasteiger charge is 2.17. The monoisotopic (exact) mass is 399 g/mol. The average Bonchev–Trinajstić information content (AvgIpc) is 3.00. The van der Waals surface area contributed by atoms with Crippen LogP contribution in [0, 0.1) is 6.92 Å². The molecule has 140 valence electrons. The van der Waals surface area contributed by atoms with Crippen LogP contribution in [0.15, 0.2) is 59.8 Å². The molecule has 0 saturated carbocycles. The molecule has 2 N–H and O–H groups in total. The molecule has 0 saturated heterocycles. The number of imidazole rings is 1. The number of hydrogen-bond donors (Lipinski definition) is 2. The average molecular weight is 400 g/mol. The summed E-state index contributed by atoms with van der Waals surface area (Å²) >= 11 is 7.31. The minimum absolute atomic E-state index is 0.0198. The lowest BCUT2D eigenvalue weighted by Crippen LogP contribution is -2.30. The Kier molecular flexibility index (Phi) is 6.58. The number of benzene rings is 2. The van der Waals surface area contributed by atoms with Crippen LogP contribution in [0.3, 0.4) is 0 Å². The van der Waals surface area contributed by atoms with Crippen molar-refractivity contribution in [2.45, 2.75) is 37.2 Å². The third-order valence-corrected chi connectivity index (χ3v) is 5.45. The molecule has 1 unspecified atom stereocenters. The zero-order chi connectivity index (χ0) is 19.2. The molecule has 0 fully saturated rings. The van der Waals surface area contributed by atoms with Gasteiger partial charge in [0.1, 0.15) is 0 Å². The molecule has 0 aliphatic carbocycles. The summed E-state index contributed by atoms with van der Waals surface area (Å²) in [7, 11) is 0. The van der Waals surface area contributed by atoms with Gasteiger partial charge in [-0.25, -0.2) is 4.98 Å². The third-order valence-electron chi connectivity index (χ3n) is 4.22. The Bertz CT molecular complexity index is 894. The summed E-state index contributed by atoms with van der Waals surface area (Å²) in [6.07, 6.45) is 0.779. The smallest absolute Gasteiger partial charge is 0.233 e. The number of thioether (sulfide) groups is 1. The van der Waals surface area contributed by atoms with Gasteiger partial charge >= 0.3 is 0 Å². The number of carbonyl (C=O) groups excluding carboxylic acids is 1. The lowest BCUT2D eigenvalue weighted by atomic mass is 10.1. The van der Waals surface area contributed by atoms with E-state index in [-0.39, 0.29) is 11.2 Å². The van der Waals surface area contributed by atoms with Crippen molar-refractivity contribution >= 4 is 29.3 Å². The van der Waals surface area contributed by atoms with Gasteiger partial charge in [0.2, 0.25) is 5.91 Å². The Hall–Kier alpha value is -2.24. The predicted octanol–water partition coefficient (Wildman–Crippen LogP) is 4.76. The Morgan fingerprint density at radius 3 is 2.56 bits per heavy atom. The maximum absolute atomic E-state index is 12.4. The van der Waals surface area contributed by atoms with Crippen LogP contribution >= 0.6 is 23.4 Å². The van der Waals surface area contributed by atoms with E-state index in [1.807, 2.05) is 56.3 Å². The molecule has 1 atom stereocenters. The summed E-state index contributed by atoms with van der Waals surface area (Å²) in [6.45, 7) is 4.38. The number of nitrogens with zero attached hydrogens (tertiary/aromatic N) is 1. The molecular weight excluding hydrogens is 378 g/mol. The molecule has 4 nitrogen and oxygen atoms in total. The number of aromatic amines is 1. The standard InChI is InChI=1S/C21H22ClN3OS/c1-14-19(12-16-6-4-3-5-7-16)25-21(24-14)27-15(2)20(26)23-13-17-8-10-18(22)11-9-17/h3-11,15H,12-13H2,1-2H3,(H,23,26)(H,24,25). The molecule has 0 radical (unpaired) electrons. The number of amides is 1. The van der Waals surface area contributed by atoms with Crippen LogP contribution < -0.4 is 5.32 Å². The van der Waals surface area contributed by atoms with Crippen molar-refractivity contribution in [3.8, 4) is 0 Å². The highest BCUT2D eigenvalue weighted by Crippen LogP contribution is 2.23. The SMILES string of the molecule is Cc1[nH]c(SC(C)C(=O)NCc2ccc(Cl)cc2)nc1Cc1ccccc1. The van der Waals surface area contributed by atoms with Crippen molar-refractivity contribution in [3.63, 3.8) is 0 Å². The van der Waals surface area contributed by atoms with Crippen LogP contribution in [-0.4, -0.2) is 21.1 Å². The van der Waals surface area contributed by atoms with Gasteiger partial charge in [0, 0.05) is 23.7 Å². The minimum Gasteiger partial charge on any atom is -0.351 e. The molecule has 1 heterocycles. The Balaban J connectivity index is 1.55. The number of rotatable bonds is 7. The van der Waals surface area contributed by atoms with Crippen molar-refractivity contribution in [3.05, 3.63) is 82.1 Å². The minimum atomic E-state index is -0.243. The molecule has 0 aliphatic heterocycles. The van der Waals surface area contributed by atoms with E-state index in [9.17, 15) is 4.79 Å². The fourth-order valence-electron chi connectivity index (χ4n) is 2.64. The van der Waals surface area contributed by atoms with E-state index < -0.39 is 0 Å².